The number of benzene rings is 2. The van der Waals surface area contributed by atoms with Gasteiger partial charge in [0.2, 0.25) is 0 Å². The van der Waals surface area contributed by atoms with Gasteiger partial charge in [0.25, 0.3) is 0 Å². The predicted octanol–water partition coefficient (Wildman–Crippen LogP) is 3.81. The van der Waals surface area contributed by atoms with Gasteiger partial charge in [-0.1, -0.05) is 56.3 Å². The summed E-state index contributed by atoms with van der Waals surface area (Å²) < 4.78 is 5.17. The molecule has 2 heteroatoms. The Morgan fingerprint density at radius 2 is 1.62 bits per heavy atom. The van der Waals surface area contributed by atoms with E-state index in [9.17, 15) is 0 Å². The first-order valence-electron chi connectivity index (χ1n) is 7.51. The van der Waals surface area contributed by atoms with E-state index >= 15 is 0 Å². The van der Waals surface area contributed by atoms with Crippen molar-refractivity contribution < 1.29 is 4.74 Å². The molecule has 0 heterocycles. The zero-order valence-electron chi connectivity index (χ0n) is 13.2. The van der Waals surface area contributed by atoms with E-state index in [4.69, 9.17) is 4.74 Å². The van der Waals surface area contributed by atoms with Gasteiger partial charge >= 0.3 is 0 Å². The zero-order chi connectivity index (χ0) is 15.1. The summed E-state index contributed by atoms with van der Waals surface area (Å²) in [7, 11) is 1.70. The van der Waals surface area contributed by atoms with Gasteiger partial charge in [-0.05, 0) is 36.2 Å². The van der Waals surface area contributed by atoms with Gasteiger partial charge in [0.15, 0.2) is 0 Å². The molecule has 0 aliphatic rings. The average Bonchev–Trinajstić information content (AvgIpc) is 2.53. The molecule has 2 aromatic carbocycles. The molecular formula is C19H25NO. The lowest BCUT2D eigenvalue weighted by Crippen LogP contribution is -2.34. The molecular weight excluding hydrogens is 258 g/mol. The maximum atomic E-state index is 5.17. The maximum Gasteiger partial charge on any atom is 0.118 e. The fourth-order valence-electron chi connectivity index (χ4n) is 2.42. The second kappa shape index (κ2) is 7.28. The van der Waals surface area contributed by atoms with Crippen molar-refractivity contribution in [2.45, 2.75) is 25.7 Å². The molecule has 0 saturated heterocycles. The number of nitrogens with one attached hydrogen (secondary N) is 1. The Balaban J connectivity index is 1.78. The zero-order valence-corrected chi connectivity index (χ0v) is 13.2. The Labute approximate surface area is 128 Å². The molecule has 0 aromatic heterocycles. The third kappa shape index (κ3) is 4.61. The van der Waals surface area contributed by atoms with Gasteiger partial charge in [-0.2, -0.15) is 0 Å². The highest BCUT2D eigenvalue weighted by molar-refractivity contribution is 5.27. The van der Waals surface area contributed by atoms with E-state index < -0.39 is 0 Å². The lowest BCUT2D eigenvalue weighted by molar-refractivity contribution is 0.414. The molecule has 0 amide bonds. The van der Waals surface area contributed by atoms with E-state index in [0.29, 0.717) is 0 Å². The molecule has 0 unspecified atom stereocenters. The number of ether oxygens (including phenoxy) is 1. The molecule has 0 aliphatic heterocycles. The minimum atomic E-state index is 0.154. The van der Waals surface area contributed by atoms with E-state index in [1.807, 2.05) is 12.1 Å². The van der Waals surface area contributed by atoms with Crippen molar-refractivity contribution in [3.63, 3.8) is 0 Å². The van der Waals surface area contributed by atoms with Crippen molar-refractivity contribution in [3.05, 3.63) is 65.7 Å². The first-order chi connectivity index (χ1) is 10.1. The van der Waals surface area contributed by atoms with Crippen LogP contribution in [0.2, 0.25) is 0 Å². The fraction of sp³-hybridized carbons (Fsp3) is 0.368. The SMILES string of the molecule is COc1ccc(CCNCC(C)(C)c2ccccc2)cc1. The summed E-state index contributed by atoms with van der Waals surface area (Å²) in [6.45, 7) is 6.53. The van der Waals surface area contributed by atoms with Gasteiger partial charge in [-0.3, -0.25) is 0 Å². The van der Waals surface area contributed by atoms with E-state index in [2.05, 4.69) is 61.6 Å². The monoisotopic (exact) mass is 283 g/mol. The van der Waals surface area contributed by atoms with Crippen molar-refractivity contribution in [2.75, 3.05) is 20.2 Å². The summed E-state index contributed by atoms with van der Waals surface area (Å²) in [6, 6.07) is 19.0. The van der Waals surface area contributed by atoms with Crippen LogP contribution in [0.25, 0.3) is 0 Å². The highest BCUT2D eigenvalue weighted by Crippen LogP contribution is 2.21. The highest BCUT2D eigenvalue weighted by Gasteiger charge is 2.19. The molecule has 1 N–H and O–H groups in total. The summed E-state index contributed by atoms with van der Waals surface area (Å²) in [4.78, 5) is 0. The third-order valence-electron chi connectivity index (χ3n) is 3.87. The molecule has 0 radical (unpaired) electrons. The average molecular weight is 283 g/mol. The highest BCUT2D eigenvalue weighted by atomic mass is 16.5. The summed E-state index contributed by atoms with van der Waals surface area (Å²) in [6.07, 6.45) is 1.04. The van der Waals surface area contributed by atoms with Crippen molar-refractivity contribution in [2.24, 2.45) is 0 Å². The minimum absolute atomic E-state index is 0.154. The summed E-state index contributed by atoms with van der Waals surface area (Å²) in [5.41, 5.74) is 2.86. The van der Waals surface area contributed by atoms with Crippen LogP contribution in [0.3, 0.4) is 0 Å². The topological polar surface area (TPSA) is 21.3 Å². The molecule has 2 aromatic rings. The Kier molecular flexibility index (Phi) is 5.40. The second-order valence-corrected chi connectivity index (χ2v) is 6.02. The van der Waals surface area contributed by atoms with Crippen molar-refractivity contribution in [1.29, 1.82) is 0 Å². The lowest BCUT2D eigenvalue weighted by Gasteiger charge is -2.25. The summed E-state index contributed by atoms with van der Waals surface area (Å²) in [5.74, 6) is 0.914. The van der Waals surface area contributed by atoms with Gasteiger partial charge in [-0.15, -0.1) is 0 Å². The lowest BCUT2D eigenvalue weighted by atomic mass is 9.84. The number of methoxy groups -OCH3 is 1. The minimum Gasteiger partial charge on any atom is -0.497 e. The smallest absolute Gasteiger partial charge is 0.118 e. The molecule has 2 nitrogen and oxygen atoms in total. The van der Waals surface area contributed by atoms with Crippen LogP contribution < -0.4 is 10.1 Å². The van der Waals surface area contributed by atoms with E-state index in [1.165, 1.54) is 11.1 Å². The fourth-order valence-corrected chi connectivity index (χ4v) is 2.42. The van der Waals surface area contributed by atoms with E-state index in [1.54, 1.807) is 7.11 Å². The first-order valence-corrected chi connectivity index (χ1v) is 7.51. The van der Waals surface area contributed by atoms with E-state index in [0.717, 1.165) is 25.3 Å². The Bertz CT molecular complexity index is 531. The standard InChI is InChI=1S/C19H25NO/c1-19(2,17-7-5-4-6-8-17)15-20-14-13-16-9-11-18(21-3)12-10-16/h4-12,20H,13-15H2,1-3H3. The van der Waals surface area contributed by atoms with Crippen molar-refractivity contribution in [3.8, 4) is 5.75 Å². The van der Waals surface area contributed by atoms with Crippen LogP contribution >= 0.6 is 0 Å². The van der Waals surface area contributed by atoms with Crippen LogP contribution in [0, 0.1) is 0 Å². The molecule has 0 bridgehead atoms. The van der Waals surface area contributed by atoms with Gasteiger partial charge in [0.1, 0.15) is 5.75 Å². The summed E-state index contributed by atoms with van der Waals surface area (Å²) >= 11 is 0. The molecule has 0 fully saturated rings. The van der Waals surface area contributed by atoms with Gasteiger partial charge in [-0.25, -0.2) is 0 Å². The van der Waals surface area contributed by atoms with Gasteiger partial charge in [0.05, 0.1) is 7.11 Å². The van der Waals surface area contributed by atoms with Crippen LogP contribution in [-0.2, 0) is 11.8 Å². The van der Waals surface area contributed by atoms with Crippen molar-refractivity contribution >= 4 is 0 Å². The molecule has 0 spiro atoms. The van der Waals surface area contributed by atoms with Crippen LogP contribution in [0.1, 0.15) is 25.0 Å². The Morgan fingerprint density at radius 3 is 2.24 bits per heavy atom. The molecule has 2 rings (SSSR count). The number of hydrogen-bond donors (Lipinski definition) is 1. The normalized spacial score (nSPS) is 11.4. The van der Waals surface area contributed by atoms with Crippen LogP contribution in [-0.4, -0.2) is 20.2 Å². The number of rotatable bonds is 7. The Hall–Kier alpha value is -1.80. The van der Waals surface area contributed by atoms with E-state index in [-0.39, 0.29) is 5.41 Å². The predicted molar refractivity (Wildman–Crippen MR) is 89.0 cm³/mol. The summed E-state index contributed by atoms with van der Waals surface area (Å²) in [5, 5.41) is 3.57. The molecule has 0 atom stereocenters. The van der Waals surface area contributed by atoms with Crippen molar-refractivity contribution in [1.82, 2.24) is 5.32 Å². The molecule has 21 heavy (non-hydrogen) atoms. The van der Waals surface area contributed by atoms with Crippen LogP contribution in [0.4, 0.5) is 0 Å². The number of hydrogen-bond acceptors (Lipinski definition) is 2. The quantitative estimate of drug-likeness (QED) is 0.780. The van der Waals surface area contributed by atoms with Gasteiger partial charge < -0.3 is 10.1 Å². The molecule has 112 valence electrons. The molecule has 0 saturated carbocycles. The largest absolute Gasteiger partial charge is 0.497 e. The molecule has 0 aliphatic carbocycles. The first kappa shape index (κ1) is 15.6. The van der Waals surface area contributed by atoms with Crippen LogP contribution in [0.15, 0.2) is 54.6 Å². The second-order valence-electron chi connectivity index (χ2n) is 6.02. The van der Waals surface area contributed by atoms with Crippen LogP contribution in [0.5, 0.6) is 5.75 Å². The Morgan fingerprint density at radius 1 is 0.952 bits per heavy atom. The van der Waals surface area contributed by atoms with Gasteiger partial charge in [0, 0.05) is 12.0 Å². The third-order valence-corrected chi connectivity index (χ3v) is 3.87. The maximum absolute atomic E-state index is 5.17.